The van der Waals surface area contributed by atoms with Gasteiger partial charge in [0.15, 0.2) is 0 Å². The summed E-state index contributed by atoms with van der Waals surface area (Å²) in [7, 11) is 0. The summed E-state index contributed by atoms with van der Waals surface area (Å²) in [5.41, 5.74) is 1.30. The first kappa shape index (κ1) is 13.1. The molecule has 0 atom stereocenters. The second-order valence-corrected chi connectivity index (χ2v) is 5.46. The van der Waals surface area contributed by atoms with Crippen LogP contribution in [0.4, 0.5) is 5.82 Å². The van der Waals surface area contributed by atoms with E-state index in [0.717, 1.165) is 16.8 Å². The van der Waals surface area contributed by atoms with E-state index in [1.807, 2.05) is 24.4 Å². The molecular formula is C15H17BrN2. The van der Waals surface area contributed by atoms with Crippen molar-refractivity contribution in [3.05, 3.63) is 58.7 Å². The Morgan fingerprint density at radius 2 is 1.83 bits per heavy atom. The fourth-order valence-corrected chi connectivity index (χ4v) is 2.08. The molecule has 0 N–H and O–H groups in total. The molecule has 0 aliphatic heterocycles. The highest BCUT2D eigenvalue weighted by molar-refractivity contribution is 9.10. The monoisotopic (exact) mass is 304 g/mol. The summed E-state index contributed by atoms with van der Waals surface area (Å²) in [4.78, 5) is 6.77. The molecule has 1 aromatic carbocycles. The maximum atomic E-state index is 4.48. The number of rotatable bonds is 4. The number of hydrogen-bond donors (Lipinski definition) is 0. The van der Waals surface area contributed by atoms with Crippen LogP contribution >= 0.6 is 15.9 Å². The van der Waals surface area contributed by atoms with Crippen LogP contribution in [0.25, 0.3) is 0 Å². The fourth-order valence-electron chi connectivity index (χ4n) is 1.85. The minimum Gasteiger partial charge on any atom is -0.350 e. The first-order valence-electron chi connectivity index (χ1n) is 6.09. The van der Waals surface area contributed by atoms with Crippen molar-refractivity contribution < 1.29 is 0 Å². The number of halogens is 1. The maximum Gasteiger partial charge on any atom is 0.129 e. The van der Waals surface area contributed by atoms with Gasteiger partial charge in [0, 0.05) is 23.3 Å². The van der Waals surface area contributed by atoms with Gasteiger partial charge in [-0.15, -0.1) is 0 Å². The third-order valence-corrected chi connectivity index (χ3v) is 3.29. The summed E-state index contributed by atoms with van der Waals surface area (Å²) < 4.78 is 1.01. The number of nitrogens with zero attached hydrogens (tertiary/aromatic N) is 2. The summed E-state index contributed by atoms with van der Waals surface area (Å²) in [5, 5.41) is 0. The maximum absolute atomic E-state index is 4.48. The standard InChI is InChI=1S/C15H17BrN2/c1-12(2)18(11-13-6-4-3-5-7-13)15-9-8-14(16)10-17-15/h3-10,12H,11H2,1-2H3. The molecular weight excluding hydrogens is 288 g/mol. The SMILES string of the molecule is CC(C)N(Cc1ccccc1)c1ccc(Br)cn1. The highest BCUT2D eigenvalue weighted by atomic mass is 79.9. The van der Waals surface area contributed by atoms with Gasteiger partial charge in [0.05, 0.1) is 0 Å². The van der Waals surface area contributed by atoms with Gasteiger partial charge in [-0.1, -0.05) is 30.3 Å². The van der Waals surface area contributed by atoms with Crippen molar-refractivity contribution in [2.45, 2.75) is 26.4 Å². The Bertz CT molecular complexity index is 480. The van der Waals surface area contributed by atoms with E-state index in [0.29, 0.717) is 6.04 Å². The van der Waals surface area contributed by atoms with Crippen molar-refractivity contribution in [1.82, 2.24) is 4.98 Å². The minimum atomic E-state index is 0.416. The average Bonchev–Trinajstić information content (AvgIpc) is 2.38. The molecule has 2 rings (SSSR count). The molecule has 2 nitrogen and oxygen atoms in total. The van der Waals surface area contributed by atoms with Crippen LogP contribution in [-0.2, 0) is 6.54 Å². The normalized spacial score (nSPS) is 10.7. The molecule has 1 aromatic heterocycles. The molecule has 94 valence electrons. The van der Waals surface area contributed by atoms with E-state index in [1.165, 1.54) is 5.56 Å². The largest absolute Gasteiger partial charge is 0.350 e. The Morgan fingerprint density at radius 3 is 2.39 bits per heavy atom. The number of anilines is 1. The molecule has 0 saturated carbocycles. The Labute approximate surface area is 117 Å². The number of pyridine rings is 1. The van der Waals surface area contributed by atoms with Crippen LogP contribution in [0.5, 0.6) is 0 Å². The Balaban J connectivity index is 2.21. The van der Waals surface area contributed by atoms with E-state index in [2.05, 4.69) is 63.9 Å². The van der Waals surface area contributed by atoms with Crippen molar-refractivity contribution in [1.29, 1.82) is 0 Å². The van der Waals surface area contributed by atoms with E-state index in [4.69, 9.17) is 0 Å². The van der Waals surface area contributed by atoms with Gasteiger partial charge in [0.1, 0.15) is 5.82 Å². The Kier molecular flexibility index (Phi) is 4.37. The van der Waals surface area contributed by atoms with E-state index in [-0.39, 0.29) is 0 Å². The molecule has 0 aliphatic rings. The van der Waals surface area contributed by atoms with Crippen LogP contribution in [0.3, 0.4) is 0 Å². The third-order valence-electron chi connectivity index (χ3n) is 2.83. The first-order chi connectivity index (χ1) is 8.66. The van der Waals surface area contributed by atoms with Gasteiger partial charge in [-0.05, 0) is 47.5 Å². The van der Waals surface area contributed by atoms with Crippen LogP contribution in [0.15, 0.2) is 53.1 Å². The molecule has 3 heteroatoms. The predicted octanol–water partition coefficient (Wildman–Crippen LogP) is 4.26. The van der Waals surface area contributed by atoms with Crippen molar-refractivity contribution >= 4 is 21.7 Å². The van der Waals surface area contributed by atoms with Gasteiger partial charge in [-0.2, -0.15) is 0 Å². The zero-order valence-corrected chi connectivity index (χ0v) is 12.3. The Hall–Kier alpha value is -1.35. The third kappa shape index (κ3) is 3.33. The quantitative estimate of drug-likeness (QED) is 0.839. The van der Waals surface area contributed by atoms with Crippen LogP contribution in [0.1, 0.15) is 19.4 Å². The molecule has 0 bridgehead atoms. The molecule has 1 heterocycles. The smallest absolute Gasteiger partial charge is 0.129 e. The molecule has 18 heavy (non-hydrogen) atoms. The van der Waals surface area contributed by atoms with E-state index in [9.17, 15) is 0 Å². The van der Waals surface area contributed by atoms with Gasteiger partial charge in [-0.25, -0.2) is 4.98 Å². The summed E-state index contributed by atoms with van der Waals surface area (Å²) in [5.74, 6) is 1.01. The molecule has 0 radical (unpaired) electrons. The molecule has 0 spiro atoms. The second-order valence-electron chi connectivity index (χ2n) is 4.54. The Morgan fingerprint density at radius 1 is 1.11 bits per heavy atom. The van der Waals surface area contributed by atoms with Crippen LogP contribution in [-0.4, -0.2) is 11.0 Å². The zero-order chi connectivity index (χ0) is 13.0. The lowest BCUT2D eigenvalue weighted by Gasteiger charge is -2.28. The van der Waals surface area contributed by atoms with Crippen molar-refractivity contribution in [2.75, 3.05) is 4.90 Å². The molecule has 0 aliphatic carbocycles. The zero-order valence-electron chi connectivity index (χ0n) is 10.7. The van der Waals surface area contributed by atoms with E-state index < -0.39 is 0 Å². The summed E-state index contributed by atoms with van der Waals surface area (Å²) in [6, 6.07) is 15.0. The topological polar surface area (TPSA) is 16.1 Å². The lowest BCUT2D eigenvalue weighted by atomic mass is 10.2. The predicted molar refractivity (Wildman–Crippen MR) is 79.7 cm³/mol. The average molecular weight is 305 g/mol. The van der Waals surface area contributed by atoms with E-state index in [1.54, 1.807) is 0 Å². The van der Waals surface area contributed by atoms with Crippen LogP contribution in [0.2, 0.25) is 0 Å². The molecule has 0 fully saturated rings. The second kappa shape index (κ2) is 6.01. The summed E-state index contributed by atoms with van der Waals surface area (Å²) in [6.45, 7) is 5.26. The highest BCUT2D eigenvalue weighted by Crippen LogP contribution is 2.19. The summed E-state index contributed by atoms with van der Waals surface area (Å²) in [6.07, 6.45) is 1.84. The number of benzene rings is 1. The highest BCUT2D eigenvalue weighted by Gasteiger charge is 2.12. The van der Waals surface area contributed by atoms with Gasteiger partial charge >= 0.3 is 0 Å². The lowest BCUT2D eigenvalue weighted by Crippen LogP contribution is -2.30. The van der Waals surface area contributed by atoms with Gasteiger partial charge in [-0.3, -0.25) is 0 Å². The number of hydrogen-bond acceptors (Lipinski definition) is 2. The lowest BCUT2D eigenvalue weighted by molar-refractivity contribution is 0.672. The van der Waals surface area contributed by atoms with Crippen molar-refractivity contribution in [2.24, 2.45) is 0 Å². The van der Waals surface area contributed by atoms with Gasteiger partial charge in [0.25, 0.3) is 0 Å². The van der Waals surface area contributed by atoms with Gasteiger partial charge in [0.2, 0.25) is 0 Å². The number of aromatic nitrogens is 1. The van der Waals surface area contributed by atoms with Crippen molar-refractivity contribution in [3.8, 4) is 0 Å². The van der Waals surface area contributed by atoms with Crippen LogP contribution < -0.4 is 4.90 Å². The minimum absolute atomic E-state index is 0.416. The van der Waals surface area contributed by atoms with Crippen molar-refractivity contribution in [3.63, 3.8) is 0 Å². The fraction of sp³-hybridized carbons (Fsp3) is 0.267. The van der Waals surface area contributed by atoms with Crippen LogP contribution in [0, 0.1) is 0 Å². The molecule has 0 amide bonds. The molecule has 2 aromatic rings. The molecule has 0 unspecified atom stereocenters. The molecule has 0 saturated heterocycles. The first-order valence-corrected chi connectivity index (χ1v) is 6.88. The van der Waals surface area contributed by atoms with Gasteiger partial charge < -0.3 is 4.90 Å². The van der Waals surface area contributed by atoms with E-state index >= 15 is 0 Å². The summed E-state index contributed by atoms with van der Waals surface area (Å²) >= 11 is 3.42.